The van der Waals surface area contributed by atoms with Gasteiger partial charge in [-0.25, -0.2) is 14.2 Å². The van der Waals surface area contributed by atoms with E-state index in [2.05, 4.69) is 4.98 Å². The van der Waals surface area contributed by atoms with Crippen molar-refractivity contribution < 1.29 is 22.4 Å². The fourth-order valence-electron chi connectivity index (χ4n) is 3.33. The van der Waals surface area contributed by atoms with Gasteiger partial charge in [0.15, 0.2) is 10.8 Å². The summed E-state index contributed by atoms with van der Waals surface area (Å²) in [6.07, 6.45) is -4.11. The topological polar surface area (TPSA) is 62.5 Å². The number of urea groups is 1. The number of amides is 2. The van der Waals surface area contributed by atoms with Gasteiger partial charge in [-0.05, 0) is 42.1 Å². The smallest absolute Gasteiger partial charge is 0.294 e. The number of carbonyl (C=O) groups is 1. The molecular weight excluding hydrogens is 452 g/mol. The summed E-state index contributed by atoms with van der Waals surface area (Å²) in [6, 6.07) is 12.7. The second kappa shape index (κ2) is 8.48. The maximum absolute atomic E-state index is 14.0. The molecule has 0 unspecified atom stereocenters. The second-order valence-corrected chi connectivity index (χ2v) is 8.59. The van der Waals surface area contributed by atoms with Gasteiger partial charge in [-0.2, -0.15) is 13.2 Å². The van der Waals surface area contributed by atoms with Gasteiger partial charge in [0.2, 0.25) is 0 Å². The largest absolute Gasteiger partial charge is 0.435 e. The molecule has 5 nitrogen and oxygen atoms in total. The molecule has 31 heavy (non-hydrogen) atoms. The van der Waals surface area contributed by atoms with Gasteiger partial charge in [0, 0.05) is 24.3 Å². The van der Waals surface area contributed by atoms with Gasteiger partial charge >= 0.3 is 12.2 Å². The molecule has 162 valence electrons. The molecule has 4 rings (SSSR count). The SMILES string of the molecule is NSc1sc(N2CCCN(c3ccc(-c4ccccc4F)cc3)C2=O)nc1C(F)(F)F. The Morgan fingerprint density at radius 3 is 2.32 bits per heavy atom. The van der Waals surface area contributed by atoms with Crippen LogP contribution in [0.2, 0.25) is 0 Å². The van der Waals surface area contributed by atoms with Crippen molar-refractivity contribution in [3.8, 4) is 11.1 Å². The van der Waals surface area contributed by atoms with Crippen LogP contribution in [0.3, 0.4) is 0 Å². The average molecular weight is 469 g/mol. The van der Waals surface area contributed by atoms with Crippen molar-refractivity contribution >= 4 is 40.1 Å². The summed E-state index contributed by atoms with van der Waals surface area (Å²) in [5.41, 5.74) is 0.576. The average Bonchev–Trinajstić information content (AvgIpc) is 3.19. The number of aromatic nitrogens is 1. The van der Waals surface area contributed by atoms with E-state index in [0.717, 1.165) is 11.3 Å². The van der Waals surface area contributed by atoms with E-state index in [0.29, 0.717) is 41.7 Å². The molecule has 2 N–H and O–H groups in total. The highest BCUT2D eigenvalue weighted by Crippen LogP contribution is 2.41. The van der Waals surface area contributed by atoms with Crippen LogP contribution in [0.15, 0.2) is 52.7 Å². The van der Waals surface area contributed by atoms with Crippen LogP contribution in [0.4, 0.5) is 33.2 Å². The van der Waals surface area contributed by atoms with E-state index in [1.165, 1.54) is 15.9 Å². The van der Waals surface area contributed by atoms with Gasteiger partial charge in [0.05, 0.1) is 0 Å². The van der Waals surface area contributed by atoms with Crippen molar-refractivity contribution in [3.05, 3.63) is 60.0 Å². The summed E-state index contributed by atoms with van der Waals surface area (Å²) in [7, 11) is 0. The molecule has 0 bridgehead atoms. The van der Waals surface area contributed by atoms with Crippen LogP contribution in [0.5, 0.6) is 0 Å². The van der Waals surface area contributed by atoms with Gasteiger partial charge in [0.1, 0.15) is 10.0 Å². The number of nitrogens with zero attached hydrogens (tertiary/aromatic N) is 3. The standard InChI is InChI=1S/C20H16F4N4OS2/c21-15-5-2-1-4-14(15)12-6-8-13(9-7-12)27-10-3-11-28(19(27)29)18-26-16(20(22,23)24)17(30-18)31-25/h1-2,4-9H,3,10-11,25H2. The predicted molar refractivity (Wildman–Crippen MR) is 114 cm³/mol. The number of rotatable bonds is 4. The highest BCUT2D eigenvalue weighted by Gasteiger charge is 2.40. The maximum atomic E-state index is 14.0. The Balaban J connectivity index is 1.60. The summed E-state index contributed by atoms with van der Waals surface area (Å²) in [4.78, 5) is 19.4. The lowest BCUT2D eigenvalue weighted by molar-refractivity contribution is -0.142. The minimum absolute atomic E-state index is 0.0436. The number of hydrogen-bond donors (Lipinski definition) is 1. The molecule has 1 saturated heterocycles. The summed E-state index contributed by atoms with van der Waals surface area (Å²) < 4.78 is 53.4. The van der Waals surface area contributed by atoms with Crippen LogP contribution < -0.4 is 14.9 Å². The molecule has 2 heterocycles. The molecule has 1 fully saturated rings. The minimum Gasteiger partial charge on any atom is -0.294 e. The number of carbonyl (C=O) groups excluding carboxylic acids is 1. The summed E-state index contributed by atoms with van der Waals surface area (Å²) in [5.74, 6) is -0.353. The van der Waals surface area contributed by atoms with Crippen LogP contribution in [-0.4, -0.2) is 24.1 Å². The number of anilines is 2. The quantitative estimate of drug-likeness (QED) is 0.390. The fourth-order valence-corrected chi connectivity index (χ4v) is 4.86. The first-order valence-corrected chi connectivity index (χ1v) is 10.9. The Bertz CT molecular complexity index is 1100. The van der Waals surface area contributed by atoms with Crippen molar-refractivity contribution in [1.82, 2.24) is 4.98 Å². The first-order chi connectivity index (χ1) is 14.8. The zero-order chi connectivity index (χ0) is 22.2. The van der Waals surface area contributed by atoms with Crippen LogP contribution >= 0.6 is 23.3 Å². The zero-order valence-corrected chi connectivity index (χ0v) is 17.5. The number of halogens is 4. The van der Waals surface area contributed by atoms with E-state index in [4.69, 9.17) is 5.14 Å². The van der Waals surface area contributed by atoms with Crippen LogP contribution in [0.25, 0.3) is 11.1 Å². The van der Waals surface area contributed by atoms with E-state index >= 15 is 0 Å². The Morgan fingerprint density at radius 1 is 1.03 bits per heavy atom. The van der Waals surface area contributed by atoms with Gasteiger partial charge in [-0.15, -0.1) is 0 Å². The lowest BCUT2D eigenvalue weighted by Crippen LogP contribution is -2.49. The van der Waals surface area contributed by atoms with Crippen molar-refractivity contribution in [2.45, 2.75) is 16.8 Å². The normalized spacial score (nSPS) is 14.9. The monoisotopic (exact) mass is 468 g/mol. The highest BCUT2D eigenvalue weighted by molar-refractivity contribution is 7.99. The van der Waals surface area contributed by atoms with Crippen molar-refractivity contribution in [2.75, 3.05) is 22.9 Å². The van der Waals surface area contributed by atoms with Crippen molar-refractivity contribution in [2.24, 2.45) is 5.14 Å². The lowest BCUT2D eigenvalue weighted by atomic mass is 10.0. The van der Waals surface area contributed by atoms with Gasteiger partial charge < -0.3 is 0 Å². The number of hydrogen-bond acceptors (Lipinski definition) is 5. The minimum atomic E-state index is -4.66. The molecule has 0 atom stereocenters. The molecule has 2 amide bonds. The van der Waals surface area contributed by atoms with Crippen LogP contribution in [-0.2, 0) is 6.18 Å². The molecule has 0 aliphatic carbocycles. The summed E-state index contributed by atoms with van der Waals surface area (Å²) in [5, 5.41) is 5.32. The molecule has 0 saturated carbocycles. The number of thiazole rings is 1. The van der Waals surface area contributed by atoms with E-state index in [-0.39, 0.29) is 21.7 Å². The van der Waals surface area contributed by atoms with Crippen LogP contribution in [0, 0.1) is 5.82 Å². The fraction of sp³-hybridized carbons (Fsp3) is 0.200. The molecule has 0 spiro atoms. The Labute approximate surface area is 183 Å². The Kier molecular flexibility index (Phi) is 5.91. The molecular formula is C20H16F4N4OS2. The van der Waals surface area contributed by atoms with E-state index in [1.807, 2.05) is 0 Å². The molecule has 3 aromatic rings. The molecule has 1 aliphatic heterocycles. The van der Waals surface area contributed by atoms with Crippen molar-refractivity contribution in [3.63, 3.8) is 0 Å². The third-order valence-corrected chi connectivity index (χ3v) is 6.60. The summed E-state index contributed by atoms with van der Waals surface area (Å²) >= 11 is 1.20. The summed E-state index contributed by atoms with van der Waals surface area (Å²) in [6.45, 7) is 0.659. The first kappa shape index (κ1) is 21.6. The Hall–Kier alpha value is -2.63. The molecule has 1 aromatic heterocycles. The highest BCUT2D eigenvalue weighted by atomic mass is 32.2. The Morgan fingerprint density at radius 2 is 1.71 bits per heavy atom. The zero-order valence-electron chi connectivity index (χ0n) is 15.9. The van der Waals surface area contributed by atoms with Gasteiger partial charge in [0.25, 0.3) is 0 Å². The number of nitrogens with two attached hydrogens (primary N) is 1. The third kappa shape index (κ3) is 4.25. The first-order valence-electron chi connectivity index (χ1n) is 9.18. The number of benzene rings is 2. The van der Waals surface area contributed by atoms with Gasteiger partial charge in [-0.1, -0.05) is 41.7 Å². The third-order valence-electron chi connectivity index (χ3n) is 4.78. The second-order valence-electron chi connectivity index (χ2n) is 6.71. The van der Waals surface area contributed by atoms with Crippen LogP contribution in [0.1, 0.15) is 12.1 Å². The van der Waals surface area contributed by atoms with E-state index < -0.39 is 17.9 Å². The molecule has 0 radical (unpaired) electrons. The molecule has 1 aliphatic rings. The number of alkyl halides is 3. The predicted octanol–water partition coefficient (Wildman–Crippen LogP) is 5.77. The van der Waals surface area contributed by atoms with E-state index in [1.54, 1.807) is 42.5 Å². The molecule has 11 heteroatoms. The van der Waals surface area contributed by atoms with Gasteiger partial charge in [-0.3, -0.25) is 14.9 Å². The lowest BCUT2D eigenvalue weighted by Gasteiger charge is -2.34. The maximum Gasteiger partial charge on any atom is 0.435 e. The van der Waals surface area contributed by atoms with E-state index in [9.17, 15) is 22.4 Å². The van der Waals surface area contributed by atoms with Crippen molar-refractivity contribution in [1.29, 1.82) is 0 Å². The molecule has 2 aromatic carbocycles.